The Balaban J connectivity index is 1.61. The summed E-state index contributed by atoms with van der Waals surface area (Å²) in [6.07, 6.45) is 3.01. The molecule has 0 N–H and O–H groups in total. The summed E-state index contributed by atoms with van der Waals surface area (Å²) in [6, 6.07) is 15.3. The van der Waals surface area contributed by atoms with Gasteiger partial charge >= 0.3 is 5.97 Å². The molecule has 2 aromatic rings. The molecule has 0 bridgehead atoms. The van der Waals surface area contributed by atoms with Gasteiger partial charge in [0.1, 0.15) is 0 Å². The first-order valence-electron chi connectivity index (χ1n) is 9.18. The number of likely N-dealkylation sites (N-methyl/N-ethyl adjacent to an activating group) is 1. The molecular formula is C22H25NO4. The third-order valence-electron chi connectivity index (χ3n) is 5.00. The molecule has 0 heterocycles. The van der Waals surface area contributed by atoms with Crippen molar-refractivity contribution in [2.24, 2.45) is 0 Å². The number of esters is 1. The maximum atomic E-state index is 12.6. The second kappa shape index (κ2) is 8.82. The van der Waals surface area contributed by atoms with Crippen LogP contribution in [0.15, 0.2) is 48.5 Å². The summed E-state index contributed by atoms with van der Waals surface area (Å²) >= 11 is 0. The first kappa shape index (κ1) is 19.1. The molecule has 0 radical (unpaired) electrons. The van der Waals surface area contributed by atoms with Gasteiger partial charge in [-0.25, -0.2) is 4.79 Å². The van der Waals surface area contributed by atoms with Gasteiger partial charge in [-0.3, -0.25) is 4.79 Å². The highest BCUT2D eigenvalue weighted by atomic mass is 16.5. The van der Waals surface area contributed by atoms with Gasteiger partial charge in [0.15, 0.2) is 6.61 Å². The lowest BCUT2D eigenvalue weighted by Crippen LogP contribution is -2.36. The highest BCUT2D eigenvalue weighted by Gasteiger charge is 2.27. The van der Waals surface area contributed by atoms with Crippen LogP contribution in [-0.4, -0.2) is 37.5 Å². The van der Waals surface area contributed by atoms with Crippen LogP contribution in [0.4, 0.5) is 0 Å². The van der Waals surface area contributed by atoms with Gasteiger partial charge < -0.3 is 14.4 Å². The highest BCUT2D eigenvalue weighted by molar-refractivity contribution is 5.91. The fraction of sp³-hybridized carbons (Fsp3) is 0.364. The number of ether oxygens (including phenoxy) is 2. The average molecular weight is 367 g/mol. The van der Waals surface area contributed by atoms with E-state index in [-0.39, 0.29) is 18.6 Å². The maximum absolute atomic E-state index is 12.6. The molecule has 2 aromatic carbocycles. The van der Waals surface area contributed by atoms with Gasteiger partial charge in [-0.05, 0) is 48.1 Å². The molecule has 1 aliphatic rings. The van der Waals surface area contributed by atoms with Crippen molar-refractivity contribution in [3.63, 3.8) is 0 Å². The van der Waals surface area contributed by atoms with Gasteiger partial charge in [0.05, 0.1) is 18.2 Å². The second-order valence-corrected chi connectivity index (χ2v) is 6.82. The first-order chi connectivity index (χ1) is 13.1. The van der Waals surface area contributed by atoms with Gasteiger partial charge in [-0.15, -0.1) is 0 Å². The standard InChI is InChI=1S/C22H25NO4/c1-23(20-12-6-9-17-8-3-4-11-19(17)20)21(24)15-27-22(25)18-10-5-7-16(13-18)14-26-2/h3-5,7-8,10-11,13,20H,6,9,12,14-15H2,1-2H3. The van der Waals surface area contributed by atoms with Crippen molar-refractivity contribution in [2.75, 3.05) is 20.8 Å². The van der Waals surface area contributed by atoms with Gasteiger partial charge in [0.25, 0.3) is 5.91 Å². The lowest BCUT2D eigenvalue weighted by molar-refractivity contribution is -0.135. The van der Waals surface area contributed by atoms with Crippen LogP contribution in [0, 0.1) is 0 Å². The molecule has 0 fully saturated rings. The third-order valence-corrected chi connectivity index (χ3v) is 5.00. The van der Waals surface area contributed by atoms with Crippen LogP contribution in [0.1, 0.15) is 45.9 Å². The minimum absolute atomic E-state index is 0.0335. The molecule has 0 saturated heterocycles. The summed E-state index contributed by atoms with van der Waals surface area (Å²) in [4.78, 5) is 26.6. The number of hydrogen-bond acceptors (Lipinski definition) is 4. The zero-order chi connectivity index (χ0) is 19.2. The molecule has 142 valence electrons. The molecule has 0 saturated carbocycles. The minimum Gasteiger partial charge on any atom is -0.452 e. The summed E-state index contributed by atoms with van der Waals surface area (Å²) in [7, 11) is 3.38. The number of methoxy groups -OCH3 is 1. The van der Waals surface area contributed by atoms with E-state index in [1.165, 1.54) is 11.1 Å². The molecular weight excluding hydrogens is 342 g/mol. The largest absolute Gasteiger partial charge is 0.452 e. The van der Waals surface area contributed by atoms with Crippen LogP contribution >= 0.6 is 0 Å². The van der Waals surface area contributed by atoms with Crippen molar-refractivity contribution in [3.05, 3.63) is 70.8 Å². The average Bonchev–Trinajstić information content (AvgIpc) is 2.71. The van der Waals surface area contributed by atoms with Gasteiger partial charge in [-0.1, -0.05) is 36.4 Å². The van der Waals surface area contributed by atoms with Crippen LogP contribution in [0.2, 0.25) is 0 Å². The van der Waals surface area contributed by atoms with E-state index in [2.05, 4.69) is 12.1 Å². The zero-order valence-corrected chi connectivity index (χ0v) is 15.8. The summed E-state index contributed by atoms with van der Waals surface area (Å²) in [5.74, 6) is -0.697. The quantitative estimate of drug-likeness (QED) is 0.733. The predicted molar refractivity (Wildman–Crippen MR) is 102 cm³/mol. The Morgan fingerprint density at radius 3 is 2.78 bits per heavy atom. The first-order valence-corrected chi connectivity index (χ1v) is 9.18. The van der Waals surface area contributed by atoms with E-state index in [9.17, 15) is 9.59 Å². The van der Waals surface area contributed by atoms with Crippen LogP contribution in [0.5, 0.6) is 0 Å². The van der Waals surface area contributed by atoms with E-state index in [4.69, 9.17) is 9.47 Å². The van der Waals surface area contributed by atoms with Gasteiger partial charge in [0, 0.05) is 14.2 Å². The number of carbonyl (C=O) groups excluding carboxylic acids is 2. The van der Waals surface area contributed by atoms with E-state index >= 15 is 0 Å². The van der Waals surface area contributed by atoms with Crippen molar-refractivity contribution in [2.45, 2.75) is 31.9 Å². The van der Waals surface area contributed by atoms with E-state index < -0.39 is 5.97 Å². The van der Waals surface area contributed by atoms with E-state index in [0.717, 1.165) is 24.8 Å². The summed E-state index contributed by atoms with van der Waals surface area (Å²) in [5.41, 5.74) is 3.79. The second-order valence-electron chi connectivity index (χ2n) is 6.82. The fourth-order valence-corrected chi connectivity index (χ4v) is 3.57. The number of fused-ring (bicyclic) bond motifs is 1. The molecule has 1 atom stereocenters. The summed E-state index contributed by atoms with van der Waals surface area (Å²) < 4.78 is 10.3. The molecule has 0 aromatic heterocycles. The zero-order valence-electron chi connectivity index (χ0n) is 15.8. The molecule has 27 heavy (non-hydrogen) atoms. The molecule has 1 aliphatic carbocycles. The lowest BCUT2D eigenvalue weighted by Gasteiger charge is -2.33. The van der Waals surface area contributed by atoms with Gasteiger partial charge in [-0.2, -0.15) is 0 Å². The Bertz CT molecular complexity index is 817. The Labute approximate surface area is 159 Å². The van der Waals surface area contributed by atoms with Crippen LogP contribution in [0.3, 0.4) is 0 Å². The third kappa shape index (κ3) is 4.55. The summed E-state index contributed by atoms with van der Waals surface area (Å²) in [5, 5.41) is 0. The molecule has 3 rings (SSSR count). The number of carbonyl (C=O) groups is 2. The normalized spacial score (nSPS) is 15.7. The number of rotatable bonds is 6. The van der Waals surface area contributed by atoms with Crippen molar-refractivity contribution < 1.29 is 19.1 Å². The van der Waals surface area contributed by atoms with E-state index in [1.54, 1.807) is 37.3 Å². The monoisotopic (exact) mass is 367 g/mol. The van der Waals surface area contributed by atoms with E-state index in [0.29, 0.717) is 12.2 Å². The van der Waals surface area contributed by atoms with Crippen LogP contribution in [0.25, 0.3) is 0 Å². The Morgan fingerprint density at radius 1 is 1.15 bits per heavy atom. The van der Waals surface area contributed by atoms with Crippen molar-refractivity contribution in [1.82, 2.24) is 4.90 Å². The maximum Gasteiger partial charge on any atom is 0.338 e. The van der Waals surface area contributed by atoms with Crippen molar-refractivity contribution in [3.8, 4) is 0 Å². The number of benzene rings is 2. The topological polar surface area (TPSA) is 55.8 Å². The number of amides is 1. The molecule has 0 spiro atoms. The van der Waals surface area contributed by atoms with Crippen molar-refractivity contribution >= 4 is 11.9 Å². The number of nitrogens with zero attached hydrogens (tertiary/aromatic N) is 1. The summed E-state index contributed by atoms with van der Waals surface area (Å²) in [6.45, 7) is 0.159. The molecule has 1 amide bonds. The molecule has 5 nitrogen and oxygen atoms in total. The molecule has 1 unspecified atom stereocenters. The smallest absolute Gasteiger partial charge is 0.338 e. The van der Waals surface area contributed by atoms with Crippen LogP contribution < -0.4 is 0 Å². The number of aryl methyl sites for hydroxylation is 1. The lowest BCUT2D eigenvalue weighted by atomic mass is 9.87. The Kier molecular flexibility index (Phi) is 6.24. The number of hydrogen-bond donors (Lipinski definition) is 0. The van der Waals surface area contributed by atoms with Gasteiger partial charge in [0.2, 0.25) is 0 Å². The van der Waals surface area contributed by atoms with Crippen LogP contribution in [-0.2, 0) is 27.3 Å². The minimum atomic E-state index is -0.501. The molecule has 5 heteroatoms. The molecule has 0 aliphatic heterocycles. The Hall–Kier alpha value is -2.66. The van der Waals surface area contributed by atoms with Crippen molar-refractivity contribution in [1.29, 1.82) is 0 Å². The predicted octanol–water partition coefficient (Wildman–Crippen LogP) is 3.53. The van der Waals surface area contributed by atoms with E-state index in [1.807, 2.05) is 18.2 Å². The fourth-order valence-electron chi connectivity index (χ4n) is 3.57. The Morgan fingerprint density at radius 2 is 1.96 bits per heavy atom. The SMILES string of the molecule is COCc1cccc(C(=O)OCC(=O)N(C)C2CCCc3ccccc32)c1. The highest BCUT2D eigenvalue weighted by Crippen LogP contribution is 2.33.